The molecule has 2 aromatic heterocycles. The van der Waals surface area contributed by atoms with Crippen molar-refractivity contribution in [3.05, 3.63) is 199 Å². The van der Waals surface area contributed by atoms with Gasteiger partial charge in [-0.1, -0.05) is 115 Å². The molecule has 0 bridgehead atoms. The number of rotatable bonds is 5. The quantitative estimate of drug-likeness (QED) is 0.181. The lowest BCUT2D eigenvalue weighted by Crippen LogP contribution is -2.22. The largest absolute Gasteiger partial charge is 0.456 e. The Morgan fingerprint density at radius 1 is 0.377 bits per heavy atom. The van der Waals surface area contributed by atoms with E-state index in [1.165, 1.54) is 33.2 Å². The van der Waals surface area contributed by atoms with E-state index in [9.17, 15) is 0 Å². The fourth-order valence-corrected chi connectivity index (χ4v) is 8.85. The Bertz CT molecular complexity index is 2980. The summed E-state index contributed by atoms with van der Waals surface area (Å²) in [6.07, 6.45) is 0. The minimum atomic E-state index is -0.308. The normalized spacial score (nSPS) is 13.2. The molecule has 8 aromatic carbocycles. The topological polar surface area (TPSA) is 29.5 Å². The van der Waals surface area contributed by atoms with Crippen molar-refractivity contribution in [2.24, 2.45) is 0 Å². The van der Waals surface area contributed by atoms with Crippen molar-refractivity contribution in [2.45, 2.75) is 12.3 Å². The SMILES string of the molecule is CC1(c2cccc3oc4cc(-c5ccc(N(c6ccccc6)c6ccc7oc8ccccc8c7c6)cc5)ccc4c23)c2ccccc2-c2ccccc21. The van der Waals surface area contributed by atoms with E-state index in [-0.39, 0.29) is 5.41 Å². The number of furan rings is 2. The highest BCUT2D eigenvalue weighted by Gasteiger charge is 2.41. The van der Waals surface area contributed by atoms with Gasteiger partial charge in [0.25, 0.3) is 0 Å². The Labute approximate surface area is 307 Å². The van der Waals surface area contributed by atoms with Gasteiger partial charge < -0.3 is 13.7 Å². The average Bonchev–Trinajstić information content (AvgIpc) is 3.87. The van der Waals surface area contributed by atoms with E-state index in [2.05, 4.69) is 182 Å². The van der Waals surface area contributed by atoms with Crippen LogP contribution >= 0.6 is 0 Å². The Kier molecular flexibility index (Phi) is 6.38. The Balaban J connectivity index is 0.999. The van der Waals surface area contributed by atoms with Crippen LogP contribution < -0.4 is 4.90 Å². The summed E-state index contributed by atoms with van der Waals surface area (Å²) in [7, 11) is 0. The summed E-state index contributed by atoms with van der Waals surface area (Å²) in [6, 6.07) is 64.9. The molecule has 0 spiro atoms. The first-order valence-electron chi connectivity index (χ1n) is 18.2. The summed E-state index contributed by atoms with van der Waals surface area (Å²) in [5.74, 6) is 0. The van der Waals surface area contributed by atoms with Gasteiger partial charge in [0.2, 0.25) is 0 Å². The summed E-state index contributed by atoms with van der Waals surface area (Å²) < 4.78 is 12.8. The van der Waals surface area contributed by atoms with E-state index in [0.717, 1.165) is 66.7 Å². The van der Waals surface area contributed by atoms with Crippen molar-refractivity contribution in [3.63, 3.8) is 0 Å². The lowest BCUT2D eigenvalue weighted by atomic mass is 9.73. The standard InChI is InChI=1S/C50H33NO2/c1-50(42-17-8-5-14-37(42)38-15-6-9-18-43(38)50)44-19-11-21-47-49(44)40-28-24-33(30-48(40)53-47)32-22-25-35(26-23-32)51(34-12-3-2-4-13-34)36-27-29-46-41(31-36)39-16-7-10-20-45(39)52-46/h2-31H,1H3. The second-order valence-corrected chi connectivity index (χ2v) is 14.2. The number of hydrogen-bond acceptors (Lipinski definition) is 3. The van der Waals surface area contributed by atoms with Gasteiger partial charge in [-0.05, 0) is 113 Å². The summed E-state index contributed by atoms with van der Waals surface area (Å²) in [5, 5.41) is 4.54. The number of benzene rings is 8. The zero-order valence-electron chi connectivity index (χ0n) is 29.1. The van der Waals surface area contributed by atoms with Gasteiger partial charge in [0.1, 0.15) is 22.3 Å². The minimum Gasteiger partial charge on any atom is -0.456 e. The van der Waals surface area contributed by atoms with Crippen LogP contribution in [0.4, 0.5) is 17.1 Å². The molecule has 0 N–H and O–H groups in total. The zero-order chi connectivity index (χ0) is 35.1. The molecule has 53 heavy (non-hydrogen) atoms. The summed E-state index contributed by atoms with van der Waals surface area (Å²) in [4.78, 5) is 2.30. The summed E-state index contributed by atoms with van der Waals surface area (Å²) in [5.41, 5.74) is 15.3. The van der Waals surface area contributed by atoms with Crippen molar-refractivity contribution < 1.29 is 8.83 Å². The van der Waals surface area contributed by atoms with Crippen molar-refractivity contribution in [1.29, 1.82) is 0 Å². The molecule has 2 heterocycles. The number of nitrogens with zero attached hydrogens (tertiary/aromatic N) is 1. The van der Waals surface area contributed by atoms with E-state index in [4.69, 9.17) is 8.83 Å². The third-order valence-corrected chi connectivity index (χ3v) is 11.3. The molecule has 0 saturated carbocycles. The highest BCUT2D eigenvalue weighted by molar-refractivity contribution is 6.09. The monoisotopic (exact) mass is 679 g/mol. The lowest BCUT2D eigenvalue weighted by Gasteiger charge is -2.29. The van der Waals surface area contributed by atoms with Gasteiger partial charge >= 0.3 is 0 Å². The van der Waals surface area contributed by atoms with Crippen molar-refractivity contribution in [3.8, 4) is 22.3 Å². The van der Waals surface area contributed by atoms with Crippen LogP contribution in [-0.4, -0.2) is 0 Å². The van der Waals surface area contributed by atoms with E-state index >= 15 is 0 Å². The van der Waals surface area contributed by atoms with Gasteiger partial charge in [0.15, 0.2) is 0 Å². The highest BCUT2D eigenvalue weighted by atomic mass is 16.3. The first-order chi connectivity index (χ1) is 26.1. The van der Waals surface area contributed by atoms with Gasteiger partial charge in [-0.3, -0.25) is 0 Å². The molecule has 250 valence electrons. The Morgan fingerprint density at radius 2 is 0.962 bits per heavy atom. The van der Waals surface area contributed by atoms with Crippen LogP contribution in [0.3, 0.4) is 0 Å². The molecule has 11 rings (SSSR count). The molecule has 0 saturated heterocycles. The number of para-hydroxylation sites is 2. The first-order valence-corrected chi connectivity index (χ1v) is 18.2. The number of anilines is 3. The number of fused-ring (bicyclic) bond motifs is 9. The van der Waals surface area contributed by atoms with Crippen LogP contribution in [0.5, 0.6) is 0 Å². The Morgan fingerprint density at radius 3 is 1.75 bits per heavy atom. The molecule has 3 nitrogen and oxygen atoms in total. The van der Waals surface area contributed by atoms with Gasteiger partial charge in [0, 0.05) is 44.0 Å². The third-order valence-electron chi connectivity index (χ3n) is 11.3. The smallest absolute Gasteiger partial charge is 0.136 e. The third kappa shape index (κ3) is 4.41. The van der Waals surface area contributed by atoms with Crippen LogP contribution in [-0.2, 0) is 5.41 Å². The molecular formula is C50H33NO2. The van der Waals surface area contributed by atoms with Crippen molar-refractivity contribution in [1.82, 2.24) is 0 Å². The van der Waals surface area contributed by atoms with Gasteiger partial charge in [-0.25, -0.2) is 0 Å². The molecule has 0 atom stereocenters. The molecule has 0 fully saturated rings. The Hall–Kier alpha value is -6.84. The molecule has 0 amide bonds. The van der Waals surface area contributed by atoms with Crippen molar-refractivity contribution in [2.75, 3.05) is 4.90 Å². The fraction of sp³-hybridized carbons (Fsp3) is 0.0400. The first kappa shape index (κ1) is 29.8. The second kappa shape index (κ2) is 11.3. The predicted molar refractivity (Wildman–Crippen MR) is 219 cm³/mol. The molecule has 1 aliphatic carbocycles. The lowest BCUT2D eigenvalue weighted by molar-refractivity contribution is 0.666. The molecule has 10 aromatic rings. The summed E-state index contributed by atoms with van der Waals surface area (Å²) in [6.45, 7) is 2.37. The van der Waals surface area contributed by atoms with Crippen LogP contribution in [0.2, 0.25) is 0 Å². The van der Waals surface area contributed by atoms with E-state index in [1.54, 1.807) is 0 Å². The zero-order valence-corrected chi connectivity index (χ0v) is 29.1. The maximum atomic E-state index is 6.66. The molecule has 1 aliphatic rings. The fourth-order valence-electron chi connectivity index (χ4n) is 8.85. The molecule has 0 radical (unpaired) electrons. The van der Waals surface area contributed by atoms with Crippen molar-refractivity contribution >= 4 is 60.9 Å². The predicted octanol–water partition coefficient (Wildman–Crippen LogP) is 14.0. The van der Waals surface area contributed by atoms with Crippen LogP contribution in [0, 0.1) is 0 Å². The highest BCUT2D eigenvalue weighted by Crippen LogP contribution is 2.54. The molecular weight excluding hydrogens is 647 g/mol. The minimum absolute atomic E-state index is 0.308. The van der Waals surface area contributed by atoms with Gasteiger partial charge in [-0.2, -0.15) is 0 Å². The molecule has 3 heteroatoms. The van der Waals surface area contributed by atoms with Gasteiger partial charge in [0.05, 0.1) is 0 Å². The summed E-state index contributed by atoms with van der Waals surface area (Å²) >= 11 is 0. The second-order valence-electron chi connectivity index (χ2n) is 14.2. The van der Waals surface area contributed by atoms with Crippen LogP contribution in [0.1, 0.15) is 23.6 Å². The average molecular weight is 680 g/mol. The number of hydrogen-bond donors (Lipinski definition) is 0. The molecule has 0 aliphatic heterocycles. The maximum absolute atomic E-state index is 6.66. The van der Waals surface area contributed by atoms with E-state index in [0.29, 0.717) is 0 Å². The molecule has 0 unspecified atom stereocenters. The maximum Gasteiger partial charge on any atom is 0.136 e. The van der Waals surface area contributed by atoms with Crippen LogP contribution in [0.15, 0.2) is 191 Å². The van der Waals surface area contributed by atoms with E-state index in [1.807, 2.05) is 12.1 Å². The van der Waals surface area contributed by atoms with Gasteiger partial charge in [-0.15, -0.1) is 0 Å². The van der Waals surface area contributed by atoms with Crippen LogP contribution in [0.25, 0.3) is 66.1 Å². The van der Waals surface area contributed by atoms with E-state index < -0.39 is 0 Å².